The van der Waals surface area contributed by atoms with Crippen LogP contribution in [0.2, 0.25) is 0 Å². The second kappa shape index (κ2) is 6.13. The lowest BCUT2D eigenvalue weighted by Crippen LogP contribution is -2.37. The monoisotopic (exact) mass is 354 g/mol. The molecule has 114 valence electrons. The van der Waals surface area contributed by atoms with E-state index in [0.717, 1.165) is 23.0 Å². The standard InChI is InChI=1S/C14H19BrN4O2/c1-14(13(16)21)4-5-19(8-14)7-10-3-2-9(6-11(10)15)12(20)18-17/h2-3,6H,4-5,7-8,17H2,1H3,(H2,16,21)(H,18,20). The number of hydrogen-bond donors (Lipinski definition) is 3. The molecule has 21 heavy (non-hydrogen) atoms. The van der Waals surface area contributed by atoms with Crippen molar-refractivity contribution in [3.8, 4) is 0 Å². The molecule has 0 saturated carbocycles. The summed E-state index contributed by atoms with van der Waals surface area (Å²) in [6.07, 6.45) is 0.771. The quantitative estimate of drug-likeness (QED) is 0.421. The van der Waals surface area contributed by atoms with E-state index in [0.29, 0.717) is 18.7 Å². The van der Waals surface area contributed by atoms with E-state index in [2.05, 4.69) is 26.3 Å². The van der Waals surface area contributed by atoms with Crippen LogP contribution in [-0.2, 0) is 11.3 Å². The predicted molar refractivity (Wildman–Crippen MR) is 83.0 cm³/mol. The minimum absolute atomic E-state index is 0.251. The van der Waals surface area contributed by atoms with Crippen molar-refractivity contribution in [1.82, 2.24) is 10.3 Å². The number of nitrogens with zero attached hydrogens (tertiary/aromatic N) is 1. The number of primary amides is 1. The summed E-state index contributed by atoms with van der Waals surface area (Å²) in [4.78, 5) is 25.1. The molecule has 1 aromatic rings. The highest BCUT2D eigenvalue weighted by Gasteiger charge is 2.38. The second-order valence-electron chi connectivity index (χ2n) is 5.67. The van der Waals surface area contributed by atoms with Gasteiger partial charge in [-0.15, -0.1) is 0 Å². The Kier molecular flexibility index (Phi) is 4.65. The van der Waals surface area contributed by atoms with Crippen LogP contribution >= 0.6 is 15.9 Å². The fourth-order valence-corrected chi connectivity index (χ4v) is 3.04. The Morgan fingerprint density at radius 2 is 2.19 bits per heavy atom. The molecular formula is C14H19BrN4O2. The van der Waals surface area contributed by atoms with Crippen LogP contribution < -0.4 is 17.0 Å². The molecular weight excluding hydrogens is 336 g/mol. The molecule has 1 aromatic carbocycles. The van der Waals surface area contributed by atoms with E-state index in [9.17, 15) is 9.59 Å². The molecule has 0 bridgehead atoms. The first-order valence-corrected chi connectivity index (χ1v) is 7.46. The van der Waals surface area contributed by atoms with Crippen molar-refractivity contribution in [2.24, 2.45) is 17.0 Å². The van der Waals surface area contributed by atoms with Crippen molar-refractivity contribution in [3.63, 3.8) is 0 Å². The van der Waals surface area contributed by atoms with Gasteiger partial charge >= 0.3 is 0 Å². The van der Waals surface area contributed by atoms with Crippen molar-refractivity contribution >= 4 is 27.7 Å². The zero-order valence-corrected chi connectivity index (χ0v) is 13.4. The first kappa shape index (κ1) is 15.9. The number of hydrogen-bond acceptors (Lipinski definition) is 4. The number of nitrogens with two attached hydrogens (primary N) is 2. The molecule has 1 saturated heterocycles. The minimum Gasteiger partial charge on any atom is -0.369 e. The SMILES string of the molecule is CC1(C(N)=O)CCN(Cc2ccc(C(=O)NN)cc2Br)C1. The number of nitrogens with one attached hydrogen (secondary N) is 1. The fraction of sp³-hybridized carbons (Fsp3) is 0.429. The average molecular weight is 355 g/mol. The van der Waals surface area contributed by atoms with E-state index in [1.165, 1.54) is 0 Å². The van der Waals surface area contributed by atoms with Crippen LogP contribution in [0.5, 0.6) is 0 Å². The molecule has 0 radical (unpaired) electrons. The van der Waals surface area contributed by atoms with Gasteiger partial charge in [-0.2, -0.15) is 0 Å². The van der Waals surface area contributed by atoms with Crippen molar-refractivity contribution in [2.45, 2.75) is 19.9 Å². The van der Waals surface area contributed by atoms with E-state index in [1.807, 2.05) is 13.0 Å². The summed E-state index contributed by atoms with van der Waals surface area (Å²) < 4.78 is 0.844. The van der Waals surface area contributed by atoms with Gasteiger partial charge < -0.3 is 5.73 Å². The lowest BCUT2D eigenvalue weighted by molar-refractivity contribution is -0.126. The molecule has 7 heteroatoms. The number of carbonyl (C=O) groups excluding carboxylic acids is 2. The van der Waals surface area contributed by atoms with Gasteiger partial charge in [0.2, 0.25) is 5.91 Å². The lowest BCUT2D eigenvalue weighted by atomic mass is 9.89. The van der Waals surface area contributed by atoms with E-state index in [-0.39, 0.29) is 11.8 Å². The number of hydrazine groups is 1. The Bertz CT molecular complexity index is 578. The Morgan fingerprint density at radius 1 is 1.48 bits per heavy atom. The molecule has 2 rings (SSSR count). The smallest absolute Gasteiger partial charge is 0.265 e. The van der Waals surface area contributed by atoms with E-state index >= 15 is 0 Å². The van der Waals surface area contributed by atoms with E-state index in [4.69, 9.17) is 11.6 Å². The third kappa shape index (κ3) is 3.42. The molecule has 2 amide bonds. The van der Waals surface area contributed by atoms with Gasteiger partial charge in [-0.25, -0.2) is 5.84 Å². The van der Waals surface area contributed by atoms with Crippen molar-refractivity contribution < 1.29 is 9.59 Å². The van der Waals surface area contributed by atoms with Gasteiger partial charge in [-0.05, 0) is 37.6 Å². The summed E-state index contributed by atoms with van der Waals surface area (Å²) in [5.41, 5.74) is 8.65. The van der Waals surface area contributed by atoms with Gasteiger partial charge in [-0.3, -0.25) is 19.9 Å². The molecule has 1 aliphatic rings. The highest BCUT2D eigenvalue weighted by atomic mass is 79.9. The van der Waals surface area contributed by atoms with Crippen molar-refractivity contribution in [1.29, 1.82) is 0 Å². The third-order valence-corrected chi connectivity index (χ3v) is 4.73. The van der Waals surface area contributed by atoms with Gasteiger partial charge in [0.1, 0.15) is 0 Å². The molecule has 0 aromatic heterocycles. The Morgan fingerprint density at radius 3 is 2.71 bits per heavy atom. The topological polar surface area (TPSA) is 101 Å². The summed E-state index contributed by atoms with van der Waals surface area (Å²) in [6, 6.07) is 5.35. The maximum atomic E-state index is 11.5. The normalized spacial score (nSPS) is 22.2. The number of nitrogen functional groups attached to an aromatic ring is 1. The molecule has 0 aliphatic carbocycles. The van der Waals surface area contributed by atoms with Gasteiger partial charge in [0.25, 0.3) is 5.91 Å². The number of rotatable bonds is 4. The van der Waals surface area contributed by atoms with Gasteiger partial charge in [-0.1, -0.05) is 22.0 Å². The molecule has 1 aliphatic heterocycles. The Labute approximate surface area is 131 Å². The van der Waals surface area contributed by atoms with Crippen LogP contribution in [0.4, 0.5) is 0 Å². The van der Waals surface area contributed by atoms with Crippen LogP contribution in [0.3, 0.4) is 0 Å². The molecule has 1 unspecified atom stereocenters. The van der Waals surface area contributed by atoms with Gasteiger partial charge in [0, 0.05) is 23.1 Å². The minimum atomic E-state index is -0.453. The Hall–Kier alpha value is -1.44. The largest absolute Gasteiger partial charge is 0.369 e. The molecule has 1 fully saturated rings. The second-order valence-corrected chi connectivity index (χ2v) is 6.52. The highest BCUT2D eigenvalue weighted by Crippen LogP contribution is 2.31. The molecule has 1 atom stereocenters. The van der Waals surface area contributed by atoms with E-state index < -0.39 is 5.41 Å². The van der Waals surface area contributed by atoms with Crippen molar-refractivity contribution in [2.75, 3.05) is 13.1 Å². The summed E-state index contributed by atoms with van der Waals surface area (Å²) in [5, 5.41) is 0. The van der Waals surface area contributed by atoms with Crippen LogP contribution in [0.25, 0.3) is 0 Å². The maximum absolute atomic E-state index is 11.5. The average Bonchev–Trinajstić information content (AvgIpc) is 2.83. The van der Waals surface area contributed by atoms with Crippen molar-refractivity contribution in [3.05, 3.63) is 33.8 Å². The fourth-order valence-electron chi connectivity index (χ4n) is 2.53. The number of halogens is 1. The molecule has 0 spiro atoms. The molecule has 5 N–H and O–H groups in total. The maximum Gasteiger partial charge on any atom is 0.265 e. The van der Waals surface area contributed by atoms with Crippen LogP contribution in [0.15, 0.2) is 22.7 Å². The number of amides is 2. The zero-order valence-electron chi connectivity index (χ0n) is 11.9. The summed E-state index contributed by atoms with van der Waals surface area (Å²) in [5.74, 6) is 4.54. The van der Waals surface area contributed by atoms with Crippen LogP contribution in [0.1, 0.15) is 29.3 Å². The third-order valence-electron chi connectivity index (χ3n) is 3.99. The summed E-state index contributed by atoms with van der Waals surface area (Å²) >= 11 is 3.47. The summed E-state index contributed by atoms with van der Waals surface area (Å²) in [6.45, 7) is 4.09. The van der Waals surface area contributed by atoms with Crippen LogP contribution in [-0.4, -0.2) is 29.8 Å². The van der Waals surface area contributed by atoms with Gasteiger partial charge in [0.15, 0.2) is 0 Å². The zero-order chi connectivity index (χ0) is 15.6. The highest BCUT2D eigenvalue weighted by molar-refractivity contribution is 9.10. The molecule has 1 heterocycles. The van der Waals surface area contributed by atoms with Crippen LogP contribution in [0, 0.1) is 5.41 Å². The first-order chi connectivity index (χ1) is 9.85. The molecule has 6 nitrogen and oxygen atoms in total. The number of benzene rings is 1. The predicted octanol–water partition coefficient (Wildman–Crippen LogP) is 0.750. The Balaban J connectivity index is 2.08. The number of likely N-dealkylation sites (tertiary alicyclic amines) is 1. The number of carbonyl (C=O) groups is 2. The lowest BCUT2D eigenvalue weighted by Gasteiger charge is -2.21. The summed E-state index contributed by atoms with van der Waals surface area (Å²) in [7, 11) is 0. The van der Waals surface area contributed by atoms with Gasteiger partial charge in [0.05, 0.1) is 5.41 Å². The van der Waals surface area contributed by atoms with E-state index in [1.54, 1.807) is 12.1 Å². The first-order valence-electron chi connectivity index (χ1n) is 6.67.